The molecule has 1 aromatic rings. The molecule has 1 aromatic carbocycles. The minimum absolute atomic E-state index is 0.125. The summed E-state index contributed by atoms with van der Waals surface area (Å²) >= 11 is 11.1. The summed E-state index contributed by atoms with van der Waals surface area (Å²) < 4.78 is 65.2. The zero-order chi connectivity index (χ0) is 14.1. The van der Waals surface area contributed by atoms with Gasteiger partial charge in [-0.25, -0.2) is 0 Å². The fourth-order valence-corrected chi connectivity index (χ4v) is 1.58. The van der Waals surface area contributed by atoms with Crippen LogP contribution in [0.1, 0.15) is 0 Å². The zero-order valence-corrected chi connectivity index (χ0v) is 10.0. The van der Waals surface area contributed by atoms with Gasteiger partial charge in [0.05, 0.1) is 10.0 Å². The second-order valence-corrected chi connectivity index (χ2v) is 4.12. The lowest BCUT2D eigenvalue weighted by Crippen LogP contribution is -2.41. The molecule has 0 heterocycles. The van der Waals surface area contributed by atoms with Gasteiger partial charge in [-0.1, -0.05) is 23.2 Å². The molecule has 1 rings (SSSR count). The Labute approximate surface area is 108 Å². The second-order valence-electron chi connectivity index (χ2n) is 3.30. The fraction of sp³-hybridized carbons (Fsp3) is 0.333. The Morgan fingerprint density at radius 1 is 1.06 bits per heavy atom. The van der Waals surface area contributed by atoms with Crippen LogP contribution in [0, 0.1) is 0 Å². The molecular weight excluding hydrogens is 304 g/mol. The number of rotatable bonds is 3. The minimum Gasteiger partial charge on any atom is -0.484 e. The first-order chi connectivity index (χ1) is 8.04. The summed E-state index contributed by atoms with van der Waals surface area (Å²) in [5.41, 5.74) is 5.45. The van der Waals surface area contributed by atoms with Crippen molar-refractivity contribution < 1.29 is 26.7 Å². The van der Waals surface area contributed by atoms with E-state index in [4.69, 9.17) is 28.9 Å². The van der Waals surface area contributed by atoms with Crippen LogP contribution in [-0.4, -0.2) is 18.7 Å². The fourth-order valence-electron chi connectivity index (χ4n) is 0.962. The van der Waals surface area contributed by atoms with Gasteiger partial charge in [0.15, 0.2) is 12.4 Å². The molecule has 9 heteroatoms. The van der Waals surface area contributed by atoms with Crippen molar-refractivity contribution in [1.29, 1.82) is 0 Å². The van der Waals surface area contributed by atoms with Crippen molar-refractivity contribution in [2.24, 2.45) is 0 Å². The molecule has 2 nitrogen and oxygen atoms in total. The van der Waals surface area contributed by atoms with Crippen LogP contribution in [0.15, 0.2) is 12.1 Å². The molecule has 0 radical (unpaired) electrons. The Morgan fingerprint density at radius 2 is 1.50 bits per heavy atom. The summed E-state index contributed by atoms with van der Waals surface area (Å²) in [5, 5.41) is -0.504. The van der Waals surface area contributed by atoms with Crippen LogP contribution in [0.3, 0.4) is 0 Å². The van der Waals surface area contributed by atoms with Gasteiger partial charge in [0.2, 0.25) is 0 Å². The average Bonchev–Trinajstić information content (AvgIpc) is 2.13. The van der Waals surface area contributed by atoms with E-state index in [1.54, 1.807) is 0 Å². The lowest BCUT2D eigenvalue weighted by atomic mass is 10.3. The maximum Gasteiger partial charge on any atom is 0.456 e. The first-order valence-corrected chi connectivity index (χ1v) is 5.12. The Bertz CT molecular complexity index is 426. The molecule has 102 valence electrons. The van der Waals surface area contributed by atoms with Gasteiger partial charge in [-0.3, -0.25) is 0 Å². The number of benzene rings is 1. The predicted molar refractivity (Wildman–Crippen MR) is 57.4 cm³/mol. The van der Waals surface area contributed by atoms with E-state index in [1.165, 1.54) is 0 Å². The molecule has 0 aliphatic heterocycles. The van der Waals surface area contributed by atoms with Gasteiger partial charge in [0.25, 0.3) is 0 Å². The van der Waals surface area contributed by atoms with Gasteiger partial charge < -0.3 is 10.5 Å². The smallest absolute Gasteiger partial charge is 0.456 e. The number of halogens is 7. The first-order valence-electron chi connectivity index (χ1n) is 4.36. The predicted octanol–water partition coefficient (Wildman–Crippen LogP) is 4.15. The molecule has 0 aromatic heterocycles. The standard InChI is InChI=1S/C9H6Cl2F5NO/c10-5-1-4(17)2-6(11)7(5)18-3-8(12,13)9(14,15)16/h1-2H,3,17H2. The molecule has 0 saturated carbocycles. The SMILES string of the molecule is Nc1cc(Cl)c(OCC(F)(F)C(F)(F)F)c(Cl)c1. The third-order valence-corrected chi connectivity index (χ3v) is 2.39. The monoisotopic (exact) mass is 309 g/mol. The molecule has 0 atom stereocenters. The molecule has 0 fully saturated rings. The normalized spacial score (nSPS) is 12.6. The summed E-state index contributed by atoms with van der Waals surface area (Å²) in [6.45, 7) is -1.92. The van der Waals surface area contributed by atoms with Crippen LogP contribution in [0.25, 0.3) is 0 Å². The summed E-state index contributed by atoms with van der Waals surface area (Å²) in [4.78, 5) is 0. The minimum atomic E-state index is -5.71. The van der Waals surface area contributed by atoms with Crippen molar-refractivity contribution in [3.63, 3.8) is 0 Å². The van der Waals surface area contributed by atoms with Crippen LogP contribution in [0.5, 0.6) is 5.75 Å². The summed E-state index contributed by atoms with van der Waals surface area (Å²) in [6, 6.07) is 2.24. The molecule has 0 saturated heterocycles. The van der Waals surface area contributed by atoms with Crippen LogP contribution < -0.4 is 10.5 Å². The highest BCUT2D eigenvalue weighted by atomic mass is 35.5. The number of hydrogen-bond donors (Lipinski definition) is 1. The number of alkyl halides is 5. The second kappa shape index (κ2) is 4.97. The van der Waals surface area contributed by atoms with Crippen LogP contribution in [0.2, 0.25) is 10.0 Å². The average molecular weight is 310 g/mol. The van der Waals surface area contributed by atoms with E-state index in [0.29, 0.717) is 0 Å². The van der Waals surface area contributed by atoms with E-state index in [9.17, 15) is 22.0 Å². The molecule has 18 heavy (non-hydrogen) atoms. The molecule has 0 amide bonds. The highest BCUT2D eigenvalue weighted by Crippen LogP contribution is 2.39. The van der Waals surface area contributed by atoms with Gasteiger partial charge in [-0.15, -0.1) is 0 Å². The van der Waals surface area contributed by atoms with Gasteiger partial charge in [-0.2, -0.15) is 22.0 Å². The number of ether oxygens (including phenoxy) is 1. The Hall–Kier alpha value is -0.950. The van der Waals surface area contributed by atoms with E-state index in [2.05, 4.69) is 4.74 Å². The van der Waals surface area contributed by atoms with Crippen LogP contribution >= 0.6 is 23.2 Å². The maximum absolute atomic E-state index is 12.6. The summed E-state index contributed by atoms with van der Waals surface area (Å²) in [6.07, 6.45) is -5.71. The van der Waals surface area contributed by atoms with Gasteiger partial charge in [0.1, 0.15) is 0 Å². The zero-order valence-electron chi connectivity index (χ0n) is 8.49. The third-order valence-electron chi connectivity index (χ3n) is 1.83. The number of nitrogens with two attached hydrogens (primary N) is 1. The molecule has 2 N–H and O–H groups in total. The van der Waals surface area contributed by atoms with E-state index < -0.39 is 24.5 Å². The van der Waals surface area contributed by atoms with Crippen molar-refractivity contribution in [2.45, 2.75) is 12.1 Å². The van der Waals surface area contributed by atoms with Gasteiger partial charge in [-0.05, 0) is 12.1 Å². The number of anilines is 1. The van der Waals surface area contributed by atoms with E-state index in [0.717, 1.165) is 12.1 Å². The van der Waals surface area contributed by atoms with Crippen molar-refractivity contribution in [2.75, 3.05) is 12.3 Å². The molecule has 0 unspecified atom stereocenters. The Kier molecular flexibility index (Phi) is 4.17. The lowest BCUT2D eigenvalue weighted by molar-refractivity contribution is -0.289. The highest BCUT2D eigenvalue weighted by Gasteiger charge is 2.58. The quantitative estimate of drug-likeness (QED) is 0.672. The topological polar surface area (TPSA) is 35.2 Å². The van der Waals surface area contributed by atoms with Crippen LogP contribution in [-0.2, 0) is 0 Å². The van der Waals surface area contributed by atoms with Gasteiger partial charge in [0, 0.05) is 5.69 Å². The van der Waals surface area contributed by atoms with E-state index >= 15 is 0 Å². The molecule has 0 aliphatic rings. The maximum atomic E-state index is 12.6. The Balaban J connectivity index is 2.88. The Morgan fingerprint density at radius 3 is 1.89 bits per heavy atom. The number of hydrogen-bond acceptors (Lipinski definition) is 2. The molecule has 0 bridgehead atoms. The van der Waals surface area contributed by atoms with Crippen molar-refractivity contribution in [3.8, 4) is 5.75 Å². The van der Waals surface area contributed by atoms with Crippen molar-refractivity contribution in [3.05, 3.63) is 22.2 Å². The largest absolute Gasteiger partial charge is 0.484 e. The highest BCUT2D eigenvalue weighted by molar-refractivity contribution is 6.37. The van der Waals surface area contributed by atoms with Crippen LogP contribution in [0.4, 0.5) is 27.6 Å². The lowest BCUT2D eigenvalue weighted by Gasteiger charge is -2.20. The van der Waals surface area contributed by atoms with Gasteiger partial charge >= 0.3 is 12.1 Å². The first kappa shape index (κ1) is 15.1. The van der Waals surface area contributed by atoms with E-state index in [1.807, 2.05) is 0 Å². The molecular formula is C9H6Cl2F5NO. The van der Waals surface area contributed by atoms with Crippen molar-refractivity contribution >= 4 is 28.9 Å². The number of nitrogen functional groups attached to an aromatic ring is 1. The van der Waals surface area contributed by atoms with Crippen molar-refractivity contribution in [1.82, 2.24) is 0 Å². The van der Waals surface area contributed by atoms with E-state index in [-0.39, 0.29) is 15.7 Å². The molecule has 0 aliphatic carbocycles. The summed E-state index contributed by atoms with van der Waals surface area (Å²) in [5.74, 6) is -5.47. The summed E-state index contributed by atoms with van der Waals surface area (Å²) in [7, 11) is 0. The molecule has 0 spiro atoms. The third kappa shape index (κ3) is 3.29.